The van der Waals surface area contributed by atoms with Gasteiger partial charge in [-0.25, -0.2) is 4.39 Å². The third-order valence-electron chi connectivity index (χ3n) is 2.46. The van der Waals surface area contributed by atoms with Crippen LogP contribution in [0.15, 0.2) is 29.6 Å². The maximum atomic E-state index is 13.1. The molecule has 3 nitrogen and oxygen atoms in total. The van der Waals surface area contributed by atoms with Gasteiger partial charge in [0.25, 0.3) is 0 Å². The van der Waals surface area contributed by atoms with Crippen molar-refractivity contribution in [3.05, 3.63) is 40.3 Å². The molecule has 18 heavy (non-hydrogen) atoms. The van der Waals surface area contributed by atoms with E-state index >= 15 is 0 Å². The van der Waals surface area contributed by atoms with Crippen molar-refractivity contribution in [3.8, 4) is 5.75 Å². The summed E-state index contributed by atoms with van der Waals surface area (Å²) in [5.41, 5.74) is 7.35. The minimum atomic E-state index is -0.306. The molecule has 0 unspecified atom stereocenters. The highest BCUT2D eigenvalue weighted by molar-refractivity contribution is 7.10. The molecule has 0 atom stereocenters. The van der Waals surface area contributed by atoms with Gasteiger partial charge >= 0.3 is 0 Å². The molecule has 1 aromatic carbocycles. The summed E-state index contributed by atoms with van der Waals surface area (Å²) in [4.78, 5) is 1.06. The van der Waals surface area contributed by atoms with E-state index in [1.54, 1.807) is 17.4 Å². The average molecular weight is 266 g/mol. The molecule has 5 heteroatoms. The Morgan fingerprint density at radius 1 is 1.39 bits per heavy atom. The summed E-state index contributed by atoms with van der Waals surface area (Å²) in [6.45, 7) is 2.97. The molecule has 0 aliphatic heterocycles. The molecule has 0 amide bonds. The number of nitrogens with one attached hydrogen (secondary N) is 1. The molecule has 3 N–H and O–H groups in total. The van der Waals surface area contributed by atoms with Crippen molar-refractivity contribution < 1.29 is 9.13 Å². The molecule has 0 aliphatic rings. The van der Waals surface area contributed by atoms with Gasteiger partial charge in [0.15, 0.2) is 0 Å². The van der Waals surface area contributed by atoms with Gasteiger partial charge in [-0.1, -0.05) is 0 Å². The minimum Gasteiger partial charge on any atom is -0.492 e. The molecule has 96 valence electrons. The van der Waals surface area contributed by atoms with Gasteiger partial charge in [0, 0.05) is 16.6 Å². The second-order valence-electron chi connectivity index (χ2n) is 3.73. The van der Waals surface area contributed by atoms with Crippen LogP contribution in [0.4, 0.5) is 15.8 Å². The molecule has 0 aliphatic carbocycles. The summed E-state index contributed by atoms with van der Waals surface area (Å²) in [6.07, 6.45) is 0. The van der Waals surface area contributed by atoms with Gasteiger partial charge in [-0.05, 0) is 30.5 Å². The first-order valence-corrected chi connectivity index (χ1v) is 6.56. The summed E-state index contributed by atoms with van der Waals surface area (Å²) in [5.74, 6) is 0.215. The lowest BCUT2D eigenvalue weighted by molar-refractivity contribution is 0.340. The summed E-state index contributed by atoms with van der Waals surface area (Å²) in [7, 11) is 0. The van der Waals surface area contributed by atoms with Crippen LogP contribution >= 0.6 is 11.3 Å². The second kappa shape index (κ2) is 5.73. The summed E-state index contributed by atoms with van der Waals surface area (Å²) in [5, 5.41) is 5.15. The lowest BCUT2D eigenvalue weighted by Gasteiger charge is -2.12. The van der Waals surface area contributed by atoms with E-state index in [9.17, 15) is 4.39 Å². The first-order chi connectivity index (χ1) is 8.70. The van der Waals surface area contributed by atoms with Crippen LogP contribution in [0.25, 0.3) is 0 Å². The molecular weight excluding hydrogens is 251 g/mol. The molecule has 0 saturated heterocycles. The first-order valence-electron chi connectivity index (χ1n) is 5.68. The van der Waals surface area contributed by atoms with Crippen LogP contribution in [0.5, 0.6) is 5.75 Å². The highest BCUT2D eigenvalue weighted by Crippen LogP contribution is 2.27. The Morgan fingerprint density at radius 2 is 2.22 bits per heavy atom. The molecule has 2 rings (SSSR count). The van der Waals surface area contributed by atoms with E-state index in [1.165, 1.54) is 12.1 Å². The summed E-state index contributed by atoms with van der Waals surface area (Å²) >= 11 is 1.59. The molecule has 0 bridgehead atoms. The van der Waals surface area contributed by atoms with Crippen LogP contribution in [0, 0.1) is 5.82 Å². The van der Waals surface area contributed by atoms with Gasteiger partial charge in [0.05, 0.1) is 18.8 Å². The minimum absolute atomic E-state index is 0.306. The molecule has 0 fully saturated rings. The predicted octanol–water partition coefficient (Wildman–Crippen LogP) is 3.48. The number of ether oxygens (including phenoxy) is 1. The van der Waals surface area contributed by atoms with Crippen LogP contribution in [-0.2, 0) is 6.54 Å². The van der Waals surface area contributed by atoms with Gasteiger partial charge < -0.3 is 15.8 Å². The Kier molecular flexibility index (Phi) is 4.04. The number of hydrogen-bond acceptors (Lipinski definition) is 4. The van der Waals surface area contributed by atoms with Gasteiger partial charge in [0.1, 0.15) is 11.6 Å². The average Bonchev–Trinajstić information content (AvgIpc) is 2.74. The Labute approximate surface area is 109 Å². The molecule has 0 radical (unpaired) electrons. The monoisotopic (exact) mass is 266 g/mol. The van der Waals surface area contributed by atoms with Crippen LogP contribution in [0.1, 0.15) is 11.8 Å². The molecule has 0 spiro atoms. The Morgan fingerprint density at radius 3 is 2.89 bits per heavy atom. The first kappa shape index (κ1) is 12.7. The van der Waals surface area contributed by atoms with E-state index in [4.69, 9.17) is 10.5 Å². The van der Waals surface area contributed by atoms with Crippen molar-refractivity contribution in [2.75, 3.05) is 17.7 Å². The number of rotatable bonds is 5. The number of benzene rings is 1. The van der Waals surface area contributed by atoms with E-state index in [-0.39, 0.29) is 5.82 Å². The maximum Gasteiger partial charge on any atom is 0.145 e. The van der Waals surface area contributed by atoms with Gasteiger partial charge in [-0.3, -0.25) is 0 Å². The van der Waals surface area contributed by atoms with Crippen molar-refractivity contribution >= 4 is 22.7 Å². The fourth-order valence-electron chi connectivity index (χ4n) is 1.59. The highest BCUT2D eigenvalue weighted by atomic mass is 32.1. The van der Waals surface area contributed by atoms with E-state index in [1.807, 2.05) is 18.4 Å². The van der Waals surface area contributed by atoms with E-state index in [2.05, 4.69) is 5.32 Å². The van der Waals surface area contributed by atoms with Crippen molar-refractivity contribution in [3.63, 3.8) is 0 Å². The number of anilines is 2. The number of nitrogens with two attached hydrogens (primary N) is 1. The van der Waals surface area contributed by atoms with Crippen molar-refractivity contribution in [2.45, 2.75) is 13.5 Å². The lowest BCUT2D eigenvalue weighted by atomic mass is 10.2. The van der Waals surface area contributed by atoms with Crippen molar-refractivity contribution in [1.82, 2.24) is 0 Å². The number of nitrogen functional groups attached to an aromatic ring is 1. The molecule has 2 aromatic rings. The Balaban J connectivity index is 2.11. The summed E-state index contributed by atoms with van der Waals surface area (Å²) in [6, 6.07) is 6.33. The topological polar surface area (TPSA) is 47.3 Å². The summed E-state index contributed by atoms with van der Waals surface area (Å²) < 4.78 is 18.5. The molecule has 0 saturated carbocycles. The number of thiophene rings is 1. The normalized spacial score (nSPS) is 10.3. The highest BCUT2D eigenvalue weighted by Gasteiger charge is 2.06. The zero-order chi connectivity index (χ0) is 13.0. The SMILES string of the molecule is CCOc1cc(F)ccc1NCc1sccc1N. The fraction of sp³-hybridized carbons (Fsp3) is 0.231. The number of hydrogen-bond donors (Lipinski definition) is 2. The molecule has 1 aromatic heterocycles. The quantitative estimate of drug-likeness (QED) is 0.871. The second-order valence-corrected chi connectivity index (χ2v) is 4.73. The zero-order valence-corrected chi connectivity index (χ0v) is 10.9. The van der Waals surface area contributed by atoms with Crippen LogP contribution < -0.4 is 15.8 Å². The van der Waals surface area contributed by atoms with Crippen LogP contribution in [-0.4, -0.2) is 6.61 Å². The van der Waals surface area contributed by atoms with Crippen LogP contribution in [0.2, 0.25) is 0 Å². The third-order valence-corrected chi connectivity index (χ3v) is 3.40. The lowest BCUT2D eigenvalue weighted by Crippen LogP contribution is -2.03. The Bertz CT molecular complexity index is 527. The smallest absolute Gasteiger partial charge is 0.145 e. The van der Waals surface area contributed by atoms with Crippen molar-refractivity contribution in [1.29, 1.82) is 0 Å². The Hall–Kier alpha value is -1.75. The molecular formula is C13H15FN2OS. The third kappa shape index (κ3) is 2.92. The standard InChI is InChI=1S/C13H15FN2OS/c1-2-17-12-7-9(14)3-4-11(12)16-8-13-10(15)5-6-18-13/h3-7,16H,2,8,15H2,1H3. The van der Waals surface area contributed by atoms with Gasteiger partial charge in [-0.2, -0.15) is 0 Å². The van der Waals surface area contributed by atoms with E-state index < -0.39 is 0 Å². The largest absolute Gasteiger partial charge is 0.492 e. The number of halogens is 1. The van der Waals surface area contributed by atoms with Crippen molar-refractivity contribution in [2.24, 2.45) is 0 Å². The zero-order valence-electron chi connectivity index (χ0n) is 10.1. The van der Waals surface area contributed by atoms with E-state index in [0.717, 1.165) is 16.3 Å². The van der Waals surface area contributed by atoms with Gasteiger partial charge in [0.2, 0.25) is 0 Å². The molecule has 1 heterocycles. The predicted molar refractivity (Wildman–Crippen MR) is 73.6 cm³/mol. The van der Waals surface area contributed by atoms with E-state index in [0.29, 0.717) is 18.9 Å². The fourth-order valence-corrected chi connectivity index (χ4v) is 2.33. The van der Waals surface area contributed by atoms with Gasteiger partial charge in [-0.15, -0.1) is 11.3 Å². The maximum absolute atomic E-state index is 13.1. The van der Waals surface area contributed by atoms with Crippen LogP contribution in [0.3, 0.4) is 0 Å².